The molecule has 16 heteroatoms. The summed E-state index contributed by atoms with van der Waals surface area (Å²) in [6.45, 7) is -1.91. The summed E-state index contributed by atoms with van der Waals surface area (Å²) in [5.41, 5.74) is -0.132. The van der Waals surface area contributed by atoms with Crippen LogP contribution >= 0.6 is 0 Å². The van der Waals surface area contributed by atoms with Crippen LogP contribution in [0.15, 0.2) is 72.8 Å². The first-order chi connectivity index (χ1) is 23.5. The van der Waals surface area contributed by atoms with Crippen LogP contribution in [-0.4, -0.2) is 134 Å². The third-order valence-corrected chi connectivity index (χ3v) is 7.88. The van der Waals surface area contributed by atoms with Crippen LogP contribution in [-0.2, 0) is 14.2 Å². The van der Waals surface area contributed by atoms with Gasteiger partial charge >= 0.3 is 5.97 Å². The van der Waals surface area contributed by atoms with Crippen LogP contribution in [0.1, 0.15) is 20.7 Å². The second-order valence-electron chi connectivity index (χ2n) is 11.2. The molecule has 2 heterocycles. The Morgan fingerprint density at radius 3 is 1.84 bits per heavy atom. The van der Waals surface area contributed by atoms with Crippen LogP contribution in [0.3, 0.4) is 0 Å². The molecule has 0 spiro atoms. The van der Waals surface area contributed by atoms with Crippen molar-refractivity contribution in [1.29, 1.82) is 0 Å². The first-order valence-corrected chi connectivity index (χ1v) is 15.1. The predicted octanol–water partition coefficient (Wildman–Crippen LogP) is -1.12. The maximum atomic E-state index is 13.3. The number of benzene rings is 3. The van der Waals surface area contributed by atoms with Gasteiger partial charge in [0.05, 0.1) is 12.2 Å². The summed E-state index contributed by atoms with van der Waals surface area (Å²) in [6.07, 6.45) is -16.1. The zero-order valence-electron chi connectivity index (χ0n) is 25.7. The maximum Gasteiger partial charge on any atom is 0.338 e. The molecule has 5 rings (SSSR count). The zero-order valence-corrected chi connectivity index (χ0v) is 25.7. The van der Waals surface area contributed by atoms with Gasteiger partial charge in [-0.15, -0.1) is 0 Å². The summed E-state index contributed by atoms with van der Waals surface area (Å²) >= 11 is 0. The lowest BCUT2D eigenvalue weighted by atomic mass is 9.99. The molecule has 49 heavy (non-hydrogen) atoms. The lowest BCUT2D eigenvalue weighted by molar-refractivity contribution is -0.277. The quantitative estimate of drug-likeness (QED) is 0.0828. The summed E-state index contributed by atoms with van der Waals surface area (Å²) in [5, 5.41) is 82.0. The van der Waals surface area contributed by atoms with Gasteiger partial charge in [-0.1, -0.05) is 36.4 Å². The van der Waals surface area contributed by atoms with Crippen molar-refractivity contribution in [1.82, 2.24) is 0 Å². The van der Waals surface area contributed by atoms with Crippen molar-refractivity contribution in [2.45, 2.75) is 61.4 Å². The maximum absolute atomic E-state index is 13.3. The Hall–Kier alpha value is -4.36. The van der Waals surface area contributed by atoms with E-state index < -0.39 is 98.7 Å². The van der Waals surface area contributed by atoms with E-state index in [1.807, 2.05) is 0 Å². The number of rotatable bonds is 12. The number of esters is 1. The van der Waals surface area contributed by atoms with Crippen LogP contribution in [0.4, 0.5) is 0 Å². The number of aromatic hydroxyl groups is 1. The number of Topliss-reactive ketones (excluding diaryl/α,β-unsaturated/α-hetero) is 1. The van der Waals surface area contributed by atoms with Gasteiger partial charge in [0.15, 0.2) is 18.1 Å². The number of aliphatic hydroxyl groups excluding tert-OH is 7. The average Bonchev–Trinajstić information content (AvgIpc) is 3.11. The van der Waals surface area contributed by atoms with Crippen molar-refractivity contribution in [3.63, 3.8) is 0 Å². The second-order valence-corrected chi connectivity index (χ2v) is 11.2. The van der Waals surface area contributed by atoms with Crippen molar-refractivity contribution in [3.05, 3.63) is 83.9 Å². The molecule has 0 aliphatic carbocycles. The third kappa shape index (κ3) is 8.10. The first kappa shape index (κ1) is 35.9. The minimum absolute atomic E-state index is 0.0360. The molecule has 0 amide bonds. The van der Waals surface area contributed by atoms with Crippen LogP contribution in [0.25, 0.3) is 0 Å². The first-order valence-electron chi connectivity index (χ1n) is 15.1. The molecule has 0 bridgehead atoms. The molecule has 0 radical (unpaired) electrons. The molecule has 8 N–H and O–H groups in total. The van der Waals surface area contributed by atoms with Gasteiger partial charge in [-0.05, 0) is 36.4 Å². The van der Waals surface area contributed by atoms with E-state index in [1.165, 1.54) is 42.5 Å². The minimum atomic E-state index is -1.78. The molecule has 3 aromatic carbocycles. The van der Waals surface area contributed by atoms with Gasteiger partial charge in [-0.2, -0.15) is 0 Å². The number of phenols is 1. The number of hydrogen-bond donors (Lipinski definition) is 8. The molecule has 16 nitrogen and oxygen atoms in total. The van der Waals surface area contributed by atoms with Crippen LogP contribution in [0.2, 0.25) is 0 Å². The molecule has 2 aliphatic heterocycles. The van der Waals surface area contributed by atoms with Gasteiger partial charge in [0.1, 0.15) is 72.5 Å². The molecule has 2 aliphatic rings. The molecule has 10 atom stereocenters. The lowest BCUT2D eigenvalue weighted by Gasteiger charge is -2.40. The number of hydrogen-bond acceptors (Lipinski definition) is 16. The molecular weight excluding hydrogens is 652 g/mol. The SMILES string of the molecule is O=C(OCC1OC(Oc2ccccc2OCC(=O)c2c(O)cccc2OC2OC(CO)C(O)C(O)C2O)C(O)C(O)C1O)c1ccccc1. The van der Waals surface area contributed by atoms with Gasteiger partial charge in [-0.25, -0.2) is 4.79 Å². The number of para-hydroxylation sites is 2. The highest BCUT2D eigenvalue weighted by Gasteiger charge is 2.46. The number of aliphatic hydroxyl groups is 7. The Morgan fingerprint density at radius 2 is 1.18 bits per heavy atom. The van der Waals surface area contributed by atoms with E-state index in [4.69, 9.17) is 28.4 Å². The number of carbonyl (C=O) groups is 2. The van der Waals surface area contributed by atoms with E-state index in [1.54, 1.807) is 30.3 Å². The van der Waals surface area contributed by atoms with Crippen molar-refractivity contribution >= 4 is 11.8 Å². The molecule has 0 saturated carbocycles. The lowest BCUT2D eigenvalue weighted by Crippen LogP contribution is -2.60. The van der Waals surface area contributed by atoms with E-state index in [2.05, 4.69) is 0 Å². The molecule has 2 saturated heterocycles. The molecule has 264 valence electrons. The fourth-order valence-electron chi connectivity index (χ4n) is 5.16. The Balaban J connectivity index is 1.25. The molecular formula is C33H36O16. The van der Waals surface area contributed by atoms with Crippen molar-refractivity contribution in [2.75, 3.05) is 19.8 Å². The number of carbonyl (C=O) groups excluding carboxylic acids is 2. The number of phenolic OH excluding ortho intramolecular Hbond substituents is 1. The highest BCUT2D eigenvalue weighted by atomic mass is 16.7. The molecule has 0 aromatic heterocycles. The Bertz CT molecular complexity index is 1570. The number of ether oxygens (including phenoxy) is 6. The molecule has 2 fully saturated rings. The van der Waals surface area contributed by atoms with Gasteiger partial charge in [-0.3, -0.25) is 4.79 Å². The third-order valence-electron chi connectivity index (χ3n) is 7.88. The zero-order chi connectivity index (χ0) is 35.2. The van der Waals surface area contributed by atoms with Crippen molar-refractivity contribution < 1.29 is 78.9 Å². The largest absolute Gasteiger partial charge is 0.507 e. The fraction of sp³-hybridized carbons (Fsp3) is 0.394. The van der Waals surface area contributed by atoms with Crippen LogP contribution in [0, 0.1) is 0 Å². The Labute approximate surface area is 278 Å². The van der Waals surface area contributed by atoms with E-state index in [9.17, 15) is 50.4 Å². The summed E-state index contributed by atoms with van der Waals surface area (Å²) in [5.74, 6) is -2.41. The number of ketones is 1. The van der Waals surface area contributed by atoms with Crippen LogP contribution < -0.4 is 14.2 Å². The van der Waals surface area contributed by atoms with Gasteiger partial charge in [0, 0.05) is 0 Å². The molecule has 3 aromatic rings. The Kier molecular flexibility index (Phi) is 11.7. The molecule has 10 unspecified atom stereocenters. The minimum Gasteiger partial charge on any atom is -0.507 e. The summed E-state index contributed by atoms with van der Waals surface area (Å²) in [6, 6.07) is 17.8. The summed E-state index contributed by atoms with van der Waals surface area (Å²) in [4.78, 5) is 25.7. The van der Waals surface area contributed by atoms with Gasteiger partial charge in [0.25, 0.3) is 0 Å². The second kappa shape index (κ2) is 15.9. The van der Waals surface area contributed by atoms with Crippen LogP contribution in [0.5, 0.6) is 23.0 Å². The standard InChI is InChI=1S/C33H36O16/c34-13-22-25(37)27(39)29(41)33(48-22)47-21-12-6-9-17(35)24(21)18(36)14-44-19-10-4-5-11-20(19)46-32-30(42)28(40)26(38)23(49-32)15-45-31(43)16-7-2-1-3-8-16/h1-12,22-23,25-30,32-35,37-42H,13-15H2. The summed E-state index contributed by atoms with van der Waals surface area (Å²) < 4.78 is 33.3. The van der Waals surface area contributed by atoms with Gasteiger partial charge < -0.3 is 69.3 Å². The highest BCUT2D eigenvalue weighted by Crippen LogP contribution is 2.34. The van der Waals surface area contributed by atoms with Gasteiger partial charge in [0.2, 0.25) is 18.4 Å². The highest BCUT2D eigenvalue weighted by molar-refractivity contribution is 6.02. The van der Waals surface area contributed by atoms with E-state index in [0.29, 0.717) is 0 Å². The average molecular weight is 689 g/mol. The van der Waals surface area contributed by atoms with E-state index in [-0.39, 0.29) is 28.4 Å². The topological polar surface area (TPSA) is 251 Å². The van der Waals surface area contributed by atoms with Crippen molar-refractivity contribution in [3.8, 4) is 23.0 Å². The Morgan fingerprint density at radius 1 is 0.633 bits per heavy atom. The van der Waals surface area contributed by atoms with E-state index >= 15 is 0 Å². The van der Waals surface area contributed by atoms with Crippen molar-refractivity contribution in [2.24, 2.45) is 0 Å². The smallest absolute Gasteiger partial charge is 0.338 e. The monoisotopic (exact) mass is 688 g/mol. The fourth-order valence-corrected chi connectivity index (χ4v) is 5.16. The normalized spacial score (nSPS) is 29.9. The predicted molar refractivity (Wildman–Crippen MR) is 163 cm³/mol. The summed E-state index contributed by atoms with van der Waals surface area (Å²) in [7, 11) is 0. The van der Waals surface area contributed by atoms with E-state index in [0.717, 1.165) is 0 Å².